The van der Waals surface area contributed by atoms with Gasteiger partial charge in [0.15, 0.2) is 0 Å². The van der Waals surface area contributed by atoms with Gasteiger partial charge in [-0.1, -0.05) is 23.7 Å². The maximum absolute atomic E-state index is 6.01. The fourth-order valence-electron chi connectivity index (χ4n) is 2.07. The molecule has 1 aromatic carbocycles. The first-order valence-corrected chi connectivity index (χ1v) is 6.32. The maximum atomic E-state index is 6.01. The van der Waals surface area contributed by atoms with E-state index >= 15 is 0 Å². The van der Waals surface area contributed by atoms with Gasteiger partial charge >= 0.3 is 0 Å². The van der Waals surface area contributed by atoms with Gasteiger partial charge < -0.3 is 10.1 Å². The van der Waals surface area contributed by atoms with Gasteiger partial charge in [0.25, 0.3) is 0 Å². The van der Waals surface area contributed by atoms with Crippen molar-refractivity contribution >= 4 is 11.6 Å². The van der Waals surface area contributed by atoms with E-state index < -0.39 is 0 Å². The minimum atomic E-state index is 0.698. The lowest BCUT2D eigenvalue weighted by molar-refractivity contribution is 0.254. The van der Waals surface area contributed by atoms with E-state index in [2.05, 4.69) is 5.32 Å². The van der Waals surface area contributed by atoms with E-state index in [1.165, 1.54) is 19.4 Å². The smallest absolute Gasteiger partial charge is 0.137 e. The molecule has 0 aliphatic carbocycles. The Balaban J connectivity index is 1.73. The topological polar surface area (TPSA) is 21.3 Å². The molecule has 0 amide bonds. The van der Waals surface area contributed by atoms with Crippen molar-refractivity contribution < 1.29 is 4.74 Å². The van der Waals surface area contributed by atoms with Crippen LogP contribution in [0.15, 0.2) is 24.3 Å². The summed E-state index contributed by atoms with van der Waals surface area (Å²) in [6.45, 7) is 3.06. The Kier molecular flexibility index (Phi) is 4.49. The number of ether oxygens (including phenoxy) is 1. The Morgan fingerprint density at radius 1 is 1.38 bits per heavy atom. The van der Waals surface area contributed by atoms with Crippen molar-refractivity contribution in [3.63, 3.8) is 0 Å². The first-order chi connectivity index (χ1) is 7.86. The van der Waals surface area contributed by atoms with E-state index in [1.54, 1.807) is 0 Å². The average Bonchev–Trinajstić information content (AvgIpc) is 2.33. The minimum absolute atomic E-state index is 0.698. The molecule has 1 N–H and O–H groups in total. The Labute approximate surface area is 102 Å². The highest BCUT2D eigenvalue weighted by Gasteiger charge is 2.12. The monoisotopic (exact) mass is 239 g/mol. The van der Waals surface area contributed by atoms with Gasteiger partial charge in [-0.25, -0.2) is 0 Å². The number of para-hydroxylation sites is 1. The lowest BCUT2D eigenvalue weighted by Crippen LogP contribution is -2.30. The van der Waals surface area contributed by atoms with Crippen molar-refractivity contribution in [1.29, 1.82) is 0 Å². The molecule has 16 heavy (non-hydrogen) atoms. The molecule has 1 aromatic rings. The fourth-order valence-corrected chi connectivity index (χ4v) is 2.26. The summed E-state index contributed by atoms with van der Waals surface area (Å²) >= 11 is 6.01. The molecule has 2 rings (SSSR count). The highest BCUT2D eigenvalue weighted by atomic mass is 35.5. The Morgan fingerprint density at radius 2 is 2.25 bits per heavy atom. The molecule has 88 valence electrons. The molecule has 0 radical (unpaired) electrons. The van der Waals surface area contributed by atoms with E-state index in [9.17, 15) is 0 Å². The third-order valence-electron chi connectivity index (χ3n) is 3.02. The number of hydrogen-bond donors (Lipinski definition) is 1. The number of halogens is 1. The van der Waals surface area contributed by atoms with Gasteiger partial charge in [-0.05, 0) is 50.4 Å². The molecule has 1 saturated heterocycles. The molecule has 0 spiro atoms. The van der Waals surface area contributed by atoms with Crippen molar-refractivity contribution in [2.45, 2.75) is 19.3 Å². The van der Waals surface area contributed by atoms with Gasteiger partial charge in [0.05, 0.1) is 11.6 Å². The molecule has 2 nitrogen and oxygen atoms in total. The van der Waals surface area contributed by atoms with Gasteiger partial charge in [-0.15, -0.1) is 0 Å². The van der Waals surface area contributed by atoms with E-state index in [1.807, 2.05) is 24.3 Å². The summed E-state index contributed by atoms with van der Waals surface area (Å²) < 4.78 is 5.68. The second-order valence-corrected chi connectivity index (χ2v) is 4.69. The van der Waals surface area contributed by atoms with E-state index in [4.69, 9.17) is 16.3 Å². The lowest BCUT2D eigenvalue weighted by Gasteiger charge is -2.22. The molecule has 1 aliphatic heterocycles. The molecular weight excluding hydrogens is 222 g/mol. The average molecular weight is 240 g/mol. The fraction of sp³-hybridized carbons (Fsp3) is 0.538. The van der Waals surface area contributed by atoms with Crippen LogP contribution in [0.25, 0.3) is 0 Å². The Morgan fingerprint density at radius 3 is 3.00 bits per heavy atom. The van der Waals surface area contributed by atoms with Crippen LogP contribution in [0, 0.1) is 5.92 Å². The standard InChI is InChI=1S/C13H18ClNO/c14-12-5-1-2-6-13(12)16-9-7-11-4-3-8-15-10-11/h1-2,5-6,11,15H,3-4,7-10H2/t11-/m1/s1. The second-order valence-electron chi connectivity index (χ2n) is 4.28. The second kappa shape index (κ2) is 6.12. The number of piperidine rings is 1. The van der Waals surface area contributed by atoms with Gasteiger partial charge in [-0.3, -0.25) is 0 Å². The Bertz CT molecular complexity index is 323. The van der Waals surface area contributed by atoms with Crippen LogP contribution in [0.3, 0.4) is 0 Å². The normalized spacial score (nSPS) is 20.7. The highest BCUT2D eigenvalue weighted by Crippen LogP contribution is 2.24. The summed E-state index contributed by atoms with van der Waals surface area (Å²) in [6, 6.07) is 7.64. The van der Waals surface area contributed by atoms with Crippen LogP contribution in [-0.2, 0) is 0 Å². The first kappa shape index (κ1) is 11.7. The van der Waals surface area contributed by atoms with Gasteiger partial charge in [-0.2, -0.15) is 0 Å². The SMILES string of the molecule is Clc1ccccc1OCC[C@H]1CCCNC1. The van der Waals surface area contributed by atoms with Crippen molar-refractivity contribution in [3.05, 3.63) is 29.3 Å². The maximum Gasteiger partial charge on any atom is 0.137 e. The van der Waals surface area contributed by atoms with Gasteiger partial charge in [0.1, 0.15) is 5.75 Å². The highest BCUT2D eigenvalue weighted by molar-refractivity contribution is 6.32. The number of rotatable bonds is 4. The van der Waals surface area contributed by atoms with E-state index in [0.717, 1.165) is 31.2 Å². The van der Waals surface area contributed by atoms with Crippen molar-refractivity contribution in [2.75, 3.05) is 19.7 Å². The van der Waals surface area contributed by atoms with Gasteiger partial charge in [0, 0.05) is 0 Å². The van der Waals surface area contributed by atoms with Crippen LogP contribution in [-0.4, -0.2) is 19.7 Å². The molecular formula is C13H18ClNO. The molecule has 0 saturated carbocycles. The van der Waals surface area contributed by atoms with Crippen molar-refractivity contribution in [2.24, 2.45) is 5.92 Å². The predicted octanol–water partition coefficient (Wildman–Crippen LogP) is 3.11. The molecule has 0 aromatic heterocycles. The molecule has 1 aliphatic rings. The molecule has 1 atom stereocenters. The summed E-state index contributed by atoms with van der Waals surface area (Å²) in [5.74, 6) is 1.56. The number of benzene rings is 1. The van der Waals surface area contributed by atoms with Crippen LogP contribution in [0.5, 0.6) is 5.75 Å². The summed E-state index contributed by atoms with van der Waals surface area (Å²) in [5.41, 5.74) is 0. The van der Waals surface area contributed by atoms with Crippen molar-refractivity contribution in [3.8, 4) is 5.75 Å². The quantitative estimate of drug-likeness (QED) is 0.872. The third-order valence-corrected chi connectivity index (χ3v) is 3.33. The summed E-state index contributed by atoms with van der Waals surface area (Å²) in [6.07, 6.45) is 3.72. The van der Waals surface area contributed by atoms with Crippen LogP contribution >= 0.6 is 11.6 Å². The number of nitrogens with one attached hydrogen (secondary N) is 1. The summed E-state index contributed by atoms with van der Waals surface area (Å²) in [5, 5.41) is 4.11. The summed E-state index contributed by atoms with van der Waals surface area (Å²) in [4.78, 5) is 0. The molecule has 0 unspecified atom stereocenters. The van der Waals surface area contributed by atoms with E-state index in [0.29, 0.717) is 5.02 Å². The minimum Gasteiger partial charge on any atom is -0.492 e. The zero-order valence-corrected chi connectivity index (χ0v) is 10.2. The zero-order valence-electron chi connectivity index (χ0n) is 9.42. The zero-order chi connectivity index (χ0) is 11.2. The predicted molar refractivity (Wildman–Crippen MR) is 67.2 cm³/mol. The number of hydrogen-bond acceptors (Lipinski definition) is 2. The molecule has 0 bridgehead atoms. The van der Waals surface area contributed by atoms with Crippen LogP contribution in [0.1, 0.15) is 19.3 Å². The van der Waals surface area contributed by atoms with Crippen LogP contribution < -0.4 is 10.1 Å². The molecule has 1 fully saturated rings. The van der Waals surface area contributed by atoms with Crippen LogP contribution in [0.4, 0.5) is 0 Å². The van der Waals surface area contributed by atoms with Gasteiger partial charge in [0.2, 0.25) is 0 Å². The Hall–Kier alpha value is -0.730. The molecule has 1 heterocycles. The molecule has 3 heteroatoms. The van der Waals surface area contributed by atoms with Crippen LogP contribution in [0.2, 0.25) is 5.02 Å². The van der Waals surface area contributed by atoms with E-state index in [-0.39, 0.29) is 0 Å². The third kappa shape index (κ3) is 3.39. The first-order valence-electron chi connectivity index (χ1n) is 5.94. The summed E-state index contributed by atoms with van der Waals surface area (Å²) in [7, 11) is 0. The van der Waals surface area contributed by atoms with Crippen molar-refractivity contribution in [1.82, 2.24) is 5.32 Å². The largest absolute Gasteiger partial charge is 0.492 e. The lowest BCUT2D eigenvalue weighted by atomic mass is 9.97.